The van der Waals surface area contributed by atoms with Crippen molar-refractivity contribution in [1.29, 1.82) is 0 Å². The van der Waals surface area contributed by atoms with Crippen LogP contribution in [0.25, 0.3) is 0 Å². The van der Waals surface area contributed by atoms with E-state index < -0.39 is 5.41 Å². The van der Waals surface area contributed by atoms with Crippen molar-refractivity contribution in [2.24, 2.45) is 0 Å². The molecule has 2 heteroatoms. The van der Waals surface area contributed by atoms with Crippen LogP contribution in [0.15, 0.2) is 146 Å². The molecule has 0 unspecified atom stereocenters. The number of hydrogen-bond donors (Lipinski definition) is 0. The highest BCUT2D eigenvalue weighted by atomic mass is 16.5. The summed E-state index contributed by atoms with van der Waals surface area (Å²) in [5.74, 6) is 3.29. The first-order valence-electron chi connectivity index (χ1n) is 14.8. The molecule has 6 aromatic carbocycles. The molecule has 0 bridgehead atoms. The lowest BCUT2D eigenvalue weighted by Gasteiger charge is -2.37. The summed E-state index contributed by atoms with van der Waals surface area (Å²) in [7, 11) is 0. The molecule has 0 aliphatic rings. The summed E-state index contributed by atoms with van der Waals surface area (Å²) in [5.41, 5.74) is 9.06. The second-order valence-electron chi connectivity index (χ2n) is 11.2. The molecule has 0 aromatic heterocycles. The van der Waals surface area contributed by atoms with Crippen molar-refractivity contribution in [3.05, 3.63) is 190 Å². The van der Waals surface area contributed by atoms with Gasteiger partial charge in [0, 0.05) is 0 Å². The normalized spacial score (nSPS) is 11.3. The Labute approximate surface area is 255 Å². The molecule has 6 rings (SSSR count). The molecular formula is C41H36O2. The summed E-state index contributed by atoms with van der Waals surface area (Å²) in [6, 6.07) is 50.9. The van der Waals surface area contributed by atoms with Crippen LogP contribution in [0.1, 0.15) is 44.5 Å². The minimum absolute atomic E-state index is 0.555. The number of rotatable bonds is 8. The lowest BCUT2D eigenvalue weighted by molar-refractivity contribution is 0.481. The molecule has 0 saturated carbocycles. The Balaban J connectivity index is 1.44. The third-order valence-electron chi connectivity index (χ3n) is 8.42. The van der Waals surface area contributed by atoms with E-state index in [2.05, 4.69) is 161 Å². The van der Waals surface area contributed by atoms with E-state index in [0.717, 1.165) is 34.1 Å². The van der Waals surface area contributed by atoms with Gasteiger partial charge < -0.3 is 9.47 Å². The van der Waals surface area contributed by atoms with Crippen molar-refractivity contribution in [2.45, 2.75) is 33.1 Å². The van der Waals surface area contributed by atoms with E-state index in [4.69, 9.17) is 9.47 Å². The van der Waals surface area contributed by atoms with E-state index in [1.54, 1.807) is 0 Å². The second kappa shape index (κ2) is 12.0. The molecule has 0 amide bonds. The number of ether oxygens (including phenoxy) is 2. The highest BCUT2D eigenvalue weighted by Crippen LogP contribution is 2.46. The van der Waals surface area contributed by atoms with Gasteiger partial charge in [-0.05, 0) is 121 Å². The molecule has 0 saturated heterocycles. The van der Waals surface area contributed by atoms with Gasteiger partial charge in [0.05, 0.1) is 5.41 Å². The Morgan fingerprint density at radius 1 is 0.326 bits per heavy atom. The van der Waals surface area contributed by atoms with Gasteiger partial charge in [-0.25, -0.2) is 0 Å². The molecule has 0 atom stereocenters. The standard InChI is InChI=1S/C41H36O2/c1-29-15-21-39(27-31(29)3)42-37-23-17-35(18-24-37)41(33-11-7-5-8-12-33,34-13-9-6-10-14-34)36-19-25-38(26-20-36)43-40-22-16-30(2)32(4)28-40/h5-28H,1-4H3. The third kappa shape index (κ3) is 5.69. The smallest absolute Gasteiger partial charge is 0.127 e. The molecule has 0 aliphatic carbocycles. The van der Waals surface area contributed by atoms with Crippen molar-refractivity contribution in [2.75, 3.05) is 0 Å². The van der Waals surface area contributed by atoms with Crippen LogP contribution in [0.5, 0.6) is 23.0 Å². The first-order valence-corrected chi connectivity index (χ1v) is 14.8. The van der Waals surface area contributed by atoms with Crippen LogP contribution in [-0.4, -0.2) is 0 Å². The quantitative estimate of drug-likeness (QED) is 0.172. The van der Waals surface area contributed by atoms with Crippen molar-refractivity contribution in [3.8, 4) is 23.0 Å². The van der Waals surface area contributed by atoms with Gasteiger partial charge in [0.2, 0.25) is 0 Å². The third-order valence-corrected chi connectivity index (χ3v) is 8.42. The van der Waals surface area contributed by atoms with Crippen LogP contribution in [0.2, 0.25) is 0 Å². The van der Waals surface area contributed by atoms with E-state index in [1.807, 2.05) is 12.1 Å². The molecule has 0 spiro atoms. The average molecular weight is 561 g/mol. The monoisotopic (exact) mass is 560 g/mol. The van der Waals surface area contributed by atoms with E-state index in [0.29, 0.717) is 0 Å². The Hall–Kier alpha value is -5.08. The van der Waals surface area contributed by atoms with Crippen LogP contribution >= 0.6 is 0 Å². The summed E-state index contributed by atoms with van der Waals surface area (Å²) < 4.78 is 12.5. The fraction of sp³-hybridized carbons (Fsp3) is 0.122. The Bertz CT molecular complexity index is 1680. The molecule has 0 N–H and O–H groups in total. The first kappa shape index (κ1) is 28.1. The fourth-order valence-electron chi connectivity index (χ4n) is 5.75. The fourth-order valence-corrected chi connectivity index (χ4v) is 5.75. The number of benzene rings is 6. The van der Waals surface area contributed by atoms with Crippen molar-refractivity contribution in [3.63, 3.8) is 0 Å². The highest BCUT2D eigenvalue weighted by Gasteiger charge is 2.38. The van der Waals surface area contributed by atoms with Gasteiger partial charge in [-0.3, -0.25) is 0 Å². The zero-order valence-corrected chi connectivity index (χ0v) is 25.2. The molecule has 212 valence electrons. The van der Waals surface area contributed by atoms with Crippen LogP contribution in [0, 0.1) is 27.7 Å². The second-order valence-corrected chi connectivity index (χ2v) is 11.2. The summed E-state index contributed by atoms with van der Waals surface area (Å²) >= 11 is 0. The maximum Gasteiger partial charge on any atom is 0.127 e. The predicted octanol–water partition coefficient (Wildman–Crippen LogP) is 10.9. The lowest BCUT2D eigenvalue weighted by Crippen LogP contribution is -2.30. The van der Waals surface area contributed by atoms with Crippen LogP contribution < -0.4 is 9.47 Å². The largest absolute Gasteiger partial charge is 0.457 e. The van der Waals surface area contributed by atoms with Crippen molar-refractivity contribution < 1.29 is 9.47 Å². The molecule has 0 heterocycles. The van der Waals surface area contributed by atoms with Crippen LogP contribution in [0.4, 0.5) is 0 Å². The van der Waals surface area contributed by atoms with Gasteiger partial charge in [-0.2, -0.15) is 0 Å². The average Bonchev–Trinajstić information content (AvgIpc) is 3.04. The molecule has 6 aromatic rings. The van der Waals surface area contributed by atoms with E-state index in [-0.39, 0.29) is 0 Å². The number of aryl methyl sites for hydroxylation is 4. The summed E-state index contributed by atoms with van der Waals surface area (Å²) in [4.78, 5) is 0. The minimum Gasteiger partial charge on any atom is -0.457 e. The molecule has 0 radical (unpaired) electrons. The zero-order valence-electron chi connectivity index (χ0n) is 25.2. The van der Waals surface area contributed by atoms with E-state index in [9.17, 15) is 0 Å². The molecule has 2 nitrogen and oxygen atoms in total. The van der Waals surface area contributed by atoms with Crippen LogP contribution in [-0.2, 0) is 5.41 Å². The van der Waals surface area contributed by atoms with E-state index >= 15 is 0 Å². The molecular weight excluding hydrogens is 524 g/mol. The maximum atomic E-state index is 6.27. The molecule has 43 heavy (non-hydrogen) atoms. The Kier molecular flexibility index (Phi) is 7.85. The summed E-state index contributed by atoms with van der Waals surface area (Å²) in [6.07, 6.45) is 0. The highest BCUT2D eigenvalue weighted by molar-refractivity contribution is 5.61. The van der Waals surface area contributed by atoms with Crippen molar-refractivity contribution in [1.82, 2.24) is 0 Å². The molecule has 0 fully saturated rings. The predicted molar refractivity (Wildman–Crippen MR) is 177 cm³/mol. The van der Waals surface area contributed by atoms with Gasteiger partial charge >= 0.3 is 0 Å². The first-order chi connectivity index (χ1) is 20.9. The molecule has 0 aliphatic heterocycles. The topological polar surface area (TPSA) is 18.5 Å². The SMILES string of the molecule is Cc1ccc(Oc2ccc(C(c3ccccc3)(c3ccccc3)c3ccc(Oc4ccc(C)c(C)c4)cc3)cc2)cc1C. The van der Waals surface area contributed by atoms with Crippen molar-refractivity contribution >= 4 is 0 Å². The Morgan fingerprint density at radius 3 is 1.00 bits per heavy atom. The van der Waals surface area contributed by atoms with E-state index in [1.165, 1.54) is 33.4 Å². The van der Waals surface area contributed by atoms with Gasteiger partial charge in [-0.1, -0.05) is 97.1 Å². The Morgan fingerprint density at radius 2 is 0.651 bits per heavy atom. The lowest BCUT2D eigenvalue weighted by atomic mass is 9.65. The summed E-state index contributed by atoms with van der Waals surface area (Å²) in [5, 5.41) is 0. The maximum absolute atomic E-state index is 6.27. The minimum atomic E-state index is -0.555. The van der Waals surface area contributed by atoms with Crippen LogP contribution in [0.3, 0.4) is 0 Å². The van der Waals surface area contributed by atoms with Gasteiger partial charge in [0.25, 0.3) is 0 Å². The van der Waals surface area contributed by atoms with Gasteiger partial charge in [0.15, 0.2) is 0 Å². The van der Waals surface area contributed by atoms with Gasteiger partial charge in [-0.15, -0.1) is 0 Å². The van der Waals surface area contributed by atoms with Gasteiger partial charge in [0.1, 0.15) is 23.0 Å². The summed E-state index contributed by atoms with van der Waals surface area (Å²) in [6.45, 7) is 8.44. The zero-order chi connectivity index (χ0) is 29.8. The number of hydrogen-bond acceptors (Lipinski definition) is 2.